The van der Waals surface area contributed by atoms with Gasteiger partial charge in [0.05, 0.1) is 16.4 Å². The number of hydrogen-bond donors (Lipinski definition) is 3. The molecule has 0 radical (unpaired) electrons. The Kier molecular flexibility index (Phi) is 4.70. The second-order valence-corrected chi connectivity index (χ2v) is 4.80. The van der Waals surface area contributed by atoms with Crippen molar-refractivity contribution in [3.8, 4) is 0 Å². The SMILES string of the molecule is NC(=O)NC(=O)CS(=O)c1ccc(F)c(C(=O)O)c1. The zero-order chi connectivity index (χ0) is 14.6. The van der Waals surface area contributed by atoms with Crippen LogP contribution in [0.1, 0.15) is 10.4 Å². The second kappa shape index (κ2) is 6.05. The van der Waals surface area contributed by atoms with Crippen molar-refractivity contribution in [1.29, 1.82) is 0 Å². The third kappa shape index (κ3) is 4.14. The molecule has 1 unspecified atom stereocenters. The van der Waals surface area contributed by atoms with Crippen molar-refractivity contribution in [2.75, 3.05) is 5.75 Å². The molecule has 0 heterocycles. The summed E-state index contributed by atoms with van der Waals surface area (Å²) in [5.74, 6) is -3.96. The van der Waals surface area contributed by atoms with Crippen molar-refractivity contribution < 1.29 is 28.1 Å². The third-order valence-electron chi connectivity index (χ3n) is 1.96. The summed E-state index contributed by atoms with van der Waals surface area (Å²) >= 11 is 0. The van der Waals surface area contributed by atoms with Gasteiger partial charge in [-0.3, -0.25) is 14.3 Å². The lowest BCUT2D eigenvalue weighted by atomic mass is 10.2. The molecule has 1 atom stereocenters. The molecule has 0 bridgehead atoms. The van der Waals surface area contributed by atoms with E-state index in [1.807, 2.05) is 0 Å². The van der Waals surface area contributed by atoms with E-state index in [-0.39, 0.29) is 4.90 Å². The lowest BCUT2D eigenvalue weighted by Gasteiger charge is -2.04. The highest BCUT2D eigenvalue weighted by molar-refractivity contribution is 7.85. The van der Waals surface area contributed by atoms with Crippen LogP contribution in [-0.2, 0) is 15.6 Å². The molecule has 1 rings (SSSR count). The van der Waals surface area contributed by atoms with E-state index in [4.69, 9.17) is 10.8 Å². The van der Waals surface area contributed by atoms with E-state index < -0.39 is 45.8 Å². The van der Waals surface area contributed by atoms with Crippen molar-refractivity contribution in [2.24, 2.45) is 5.73 Å². The summed E-state index contributed by atoms with van der Waals surface area (Å²) in [4.78, 5) is 32.1. The first-order valence-corrected chi connectivity index (χ1v) is 6.13. The van der Waals surface area contributed by atoms with Gasteiger partial charge in [0.25, 0.3) is 0 Å². The predicted molar refractivity (Wildman–Crippen MR) is 62.4 cm³/mol. The highest BCUT2D eigenvalue weighted by Gasteiger charge is 2.16. The summed E-state index contributed by atoms with van der Waals surface area (Å²) in [7, 11) is -1.91. The van der Waals surface area contributed by atoms with Crippen LogP contribution in [0.2, 0.25) is 0 Å². The normalized spacial score (nSPS) is 11.6. The van der Waals surface area contributed by atoms with Gasteiger partial charge in [0.1, 0.15) is 11.6 Å². The molecule has 0 spiro atoms. The molecule has 3 amide bonds. The van der Waals surface area contributed by atoms with Gasteiger partial charge in [0, 0.05) is 4.90 Å². The molecular formula is C10H9FN2O5S. The fourth-order valence-corrected chi connectivity index (χ4v) is 2.13. The molecule has 19 heavy (non-hydrogen) atoms. The zero-order valence-electron chi connectivity index (χ0n) is 9.38. The number of imide groups is 1. The van der Waals surface area contributed by atoms with Gasteiger partial charge < -0.3 is 10.8 Å². The third-order valence-corrected chi connectivity index (χ3v) is 3.26. The Morgan fingerprint density at radius 2 is 2.00 bits per heavy atom. The number of benzene rings is 1. The largest absolute Gasteiger partial charge is 0.478 e. The average molecular weight is 288 g/mol. The Morgan fingerprint density at radius 1 is 1.37 bits per heavy atom. The fourth-order valence-electron chi connectivity index (χ4n) is 1.19. The molecule has 1 aromatic rings. The summed E-state index contributed by atoms with van der Waals surface area (Å²) < 4.78 is 24.8. The van der Waals surface area contributed by atoms with Crippen LogP contribution >= 0.6 is 0 Å². The lowest BCUT2D eigenvalue weighted by molar-refractivity contribution is -0.117. The first-order valence-electron chi connectivity index (χ1n) is 4.81. The van der Waals surface area contributed by atoms with Crippen LogP contribution in [-0.4, -0.2) is 33.0 Å². The van der Waals surface area contributed by atoms with E-state index in [0.717, 1.165) is 18.2 Å². The highest BCUT2D eigenvalue weighted by atomic mass is 32.2. The number of carbonyl (C=O) groups is 3. The van der Waals surface area contributed by atoms with Gasteiger partial charge in [-0.2, -0.15) is 0 Å². The molecule has 1 aromatic carbocycles. The smallest absolute Gasteiger partial charge is 0.338 e. The summed E-state index contributed by atoms with van der Waals surface area (Å²) in [5, 5.41) is 10.4. The van der Waals surface area contributed by atoms with Gasteiger partial charge >= 0.3 is 12.0 Å². The number of nitrogens with one attached hydrogen (secondary N) is 1. The van der Waals surface area contributed by atoms with Crippen LogP contribution in [0.5, 0.6) is 0 Å². The second-order valence-electron chi connectivity index (χ2n) is 3.35. The van der Waals surface area contributed by atoms with Gasteiger partial charge in [-0.1, -0.05) is 0 Å². The van der Waals surface area contributed by atoms with Gasteiger partial charge in [-0.05, 0) is 18.2 Å². The van der Waals surface area contributed by atoms with Crippen molar-refractivity contribution in [1.82, 2.24) is 5.32 Å². The molecule has 0 saturated heterocycles. The first-order chi connectivity index (χ1) is 8.81. The van der Waals surface area contributed by atoms with Crippen molar-refractivity contribution in [3.05, 3.63) is 29.6 Å². The molecule has 0 aliphatic heterocycles. The minimum atomic E-state index is -1.91. The van der Waals surface area contributed by atoms with Gasteiger partial charge in [0.2, 0.25) is 5.91 Å². The molecule has 0 fully saturated rings. The highest BCUT2D eigenvalue weighted by Crippen LogP contribution is 2.14. The molecule has 9 heteroatoms. The zero-order valence-corrected chi connectivity index (χ0v) is 10.2. The number of aromatic carboxylic acids is 1. The molecule has 0 saturated carbocycles. The summed E-state index contributed by atoms with van der Waals surface area (Å²) in [6.45, 7) is 0. The topological polar surface area (TPSA) is 127 Å². The Labute approximate surface area is 109 Å². The maximum Gasteiger partial charge on any atom is 0.338 e. The first kappa shape index (κ1) is 14.8. The number of carbonyl (C=O) groups excluding carboxylic acids is 2. The number of carboxylic acids is 1. The van der Waals surface area contributed by atoms with E-state index in [0.29, 0.717) is 0 Å². The molecule has 0 aromatic heterocycles. The molecule has 0 aliphatic carbocycles. The van der Waals surface area contributed by atoms with Crippen LogP contribution in [0.15, 0.2) is 23.1 Å². The predicted octanol–water partition coefficient (Wildman–Crippen LogP) is -0.174. The van der Waals surface area contributed by atoms with E-state index in [1.54, 1.807) is 5.32 Å². The van der Waals surface area contributed by atoms with Gasteiger partial charge in [0.15, 0.2) is 0 Å². The molecule has 7 nitrogen and oxygen atoms in total. The number of nitrogens with two attached hydrogens (primary N) is 1. The molecule has 0 aliphatic rings. The van der Waals surface area contributed by atoms with Gasteiger partial charge in [-0.15, -0.1) is 0 Å². The van der Waals surface area contributed by atoms with Crippen molar-refractivity contribution in [3.63, 3.8) is 0 Å². The van der Waals surface area contributed by atoms with E-state index >= 15 is 0 Å². The van der Waals surface area contributed by atoms with Crippen molar-refractivity contribution in [2.45, 2.75) is 4.90 Å². The molecular weight excluding hydrogens is 279 g/mol. The monoisotopic (exact) mass is 288 g/mol. The Hall–Kier alpha value is -2.29. The number of carboxylic acid groups (broad SMARTS) is 1. The minimum absolute atomic E-state index is 0.0431. The number of hydrogen-bond acceptors (Lipinski definition) is 4. The molecule has 102 valence electrons. The number of rotatable bonds is 4. The Bertz CT molecular complexity index is 575. The number of amides is 3. The van der Waals surface area contributed by atoms with E-state index in [2.05, 4.69) is 0 Å². The van der Waals surface area contributed by atoms with E-state index in [9.17, 15) is 23.0 Å². The summed E-state index contributed by atoms with van der Waals surface area (Å²) in [6.07, 6.45) is 0. The maximum atomic E-state index is 13.1. The quantitative estimate of drug-likeness (QED) is 0.708. The van der Waals surface area contributed by atoms with Crippen LogP contribution < -0.4 is 11.1 Å². The summed E-state index contributed by atoms with van der Waals surface area (Å²) in [6, 6.07) is 1.70. The van der Waals surface area contributed by atoms with E-state index in [1.165, 1.54) is 0 Å². The number of halogens is 1. The lowest BCUT2D eigenvalue weighted by Crippen LogP contribution is -2.37. The van der Waals surface area contributed by atoms with Crippen LogP contribution in [0.4, 0.5) is 9.18 Å². The standard InChI is InChI=1S/C10H9FN2O5S/c11-7-2-1-5(3-6(7)9(15)16)19(18)4-8(14)13-10(12)17/h1-3H,4H2,(H,15,16)(H3,12,13,14,17). The average Bonchev–Trinajstić information content (AvgIpc) is 2.27. The number of primary amides is 1. The minimum Gasteiger partial charge on any atom is -0.478 e. The van der Waals surface area contributed by atoms with Gasteiger partial charge in [-0.25, -0.2) is 14.0 Å². The van der Waals surface area contributed by atoms with Crippen LogP contribution in [0, 0.1) is 5.82 Å². The maximum absolute atomic E-state index is 13.1. The van der Waals surface area contributed by atoms with Crippen molar-refractivity contribution >= 4 is 28.7 Å². The number of urea groups is 1. The Balaban J connectivity index is 2.89. The van der Waals surface area contributed by atoms with Crippen LogP contribution in [0.3, 0.4) is 0 Å². The Morgan fingerprint density at radius 3 is 2.53 bits per heavy atom. The fraction of sp³-hybridized carbons (Fsp3) is 0.100. The summed E-state index contributed by atoms with van der Waals surface area (Å²) in [5.41, 5.74) is 4.04. The van der Waals surface area contributed by atoms with Crippen LogP contribution in [0.25, 0.3) is 0 Å². The molecule has 4 N–H and O–H groups in total.